The van der Waals surface area contributed by atoms with E-state index in [1.807, 2.05) is 4.68 Å². The SMILES string of the molecule is CCc1ccc(-n2nc(C(=O)NCCN)c3c2CCC3)cc1.Cl. The van der Waals surface area contributed by atoms with Gasteiger partial charge in [-0.1, -0.05) is 19.1 Å². The van der Waals surface area contributed by atoms with Crippen LogP contribution in [0.15, 0.2) is 24.3 Å². The number of benzene rings is 1. The van der Waals surface area contributed by atoms with Gasteiger partial charge in [0.25, 0.3) is 5.91 Å². The highest BCUT2D eigenvalue weighted by atomic mass is 35.5. The van der Waals surface area contributed by atoms with Crippen molar-refractivity contribution in [1.29, 1.82) is 0 Å². The number of rotatable bonds is 5. The molecule has 1 heterocycles. The first-order chi connectivity index (χ1) is 10.7. The highest BCUT2D eigenvalue weighted by Gasteiger charge is 2.26. The van der Waals surface area contributed by atoms with Crippen LogP contribution in [0.25, 0.3) is 5.69 Å². The second kappa shape index (κ2) is 7.62. The molecule has 2 aromatic rings. The third-order valence-electron chi connectivity index (χ3n) is 4.16. The van der Waals surface area contributed by atoms with E-state index in [9.17, 15) is 4.79 Å². The van der Waals surface area contributed by atoms with Gasteiger partial charge in [0.2, 0.25) is 0 Å². The summed E-state index contributed by atoms with van der Waals surface area (Å²) in [4.78, 5) is 12.3. The highest BCUT2D eigenvalue weighted by molar-refractivity contribution is 5.94. The molecule has 0 unspecified atom stereocenters. The molecule has 0 aliphatic heterocycles. The van der Waals surface area contributed by atoms with Gasteiger partial charge >= 0.3 is 0 Å². The molecule has 0 saturated heterocycles. The molecule has 0 radical (unpaired) electrons. The fourth-order valence-corrected chi connectivity index (χ4v) is 2.98. The van der Waals surface area contributed by atoms with Gasteiger partial charge in [0.05, 0.1) is 5.69 Å². The third-order valence-corrected chi connectivity index (χ3v) is 4.16. The summed E-state index contributed by atoms with van der Waals surface area (Å²) < 4.78 is 1.93. The summed E-state index contributed by atoms with van der Waals surface area (Å²) in [5, 5.41) is 7.40. The van der Waals surface area contributed by atoms with Gasteiger partial charge in [0.15, 0.2) is 5.69 Å². The van der Waals surface area contributed by atoms with Crippen LogP contribution in [0.4, 0.5) is 0 Å². The highest BCUT2D eigenvalue weighted by Crippen LogP contribution is 2.27. The molecule has 6 heteroatoms. The van der Waals surface area contributed by atoms with Gasteiger partial charge < -0.3 is 11.1 Å². The Bertz CT molecular complexity index is 679. The summed E-state index contributed by atoms with van der Waals surface area (Å²) in [7, 11) is 0. The van der Waals surface area contributed by atoms with Crippen LogP contribution in [0.3, 0.4) is 0 Å². The van der Waals surface area contributed by atoms with E-state index < -0.39 is 0 Å². The van der Waals surface area contributed by atoms with E-state index in [0.717, 1.165) is 36.9 Å². The van der Waals surface area contributed by atoms with Crippen LogP contribution in [0, 0.1) is 0 Å². The van der Waals surface area contributed by atoms with Crippen molar-refractivity contribution in [1.82, 2.24) is 15.1 Å². The van der Waals surface area contributed by atoms with E-state index in [4.69, 9.17) is 5.73 Å². The number of fused-ring (bicyclic) bond motifs is 1. The zero-order chi connectivity index (χ0) is 15.5. The smallest absolute Gasteiger partial charge is 0.272 e. The molecule has 0 atom stereocenters. The Hall–Kier alpha value is -1.85. The second-order valence-corrected chi connectivity index (χ2v) is 5.60. The van der Waals surface area contributed by atoms with Gasteiger partial charge in [-0.3, -0.25) is 4.79 Å². The Morgan fingerprint density at radius 2 is 2.04 bits per heavy atom. The Morgan fingerprint density at radius 3 is 2.70 bits per heavy atom. The fourth-order valence-electron chi connectivity index (χ4n) is 2.98. The van der Waals surface area contributed by atoms with E-state index in [1.165, 1.54) is 11.3 Å². The summed E-state index contributed by atoms with van der Waals surface area (Å²) in [6.07, 6.45) is 4.00. The number of nitrogens with one attached hydrogen (secondary N) is 1. The lowest BCUT2D eigenvalue weighted by Gasteiger charge is -2.06. The molecule has 3 N–H and O–H groups in total. The van der Waals surface area contributed by atoms with Crippen LogP contribution in [0.5, 0.6) is 0 Å². The molecule has 1 aliphatic carbocycles. The minimum absolute atomic E-state index is 0. The number of hydrogen-bond donors (Lipinski definition) is 2. The topological polar surface area (TPSA) is 72.9 Å². The molecule has 1 aromatic heterocycles. The number of nitrogens with zero attached hydrogens (tertiary/aromatic N) is 2. The molecule has 1 amide bonds. The van der Waals surface area contributed by atoms with Gasteiger partial charge in [0, 0.05) is 24.3 Å². The number of carbonyl (C=O) groups excluding carboxylic acids is 1. The van der Waals surface area contributed by atoms with Crippen molar-refractivity contribution in [2.75, 3.05) is 13.1 Å². The Kier molecular flexibility index (Phi) is 5.80. The number of hydrogen-bond acceptors (Lipinski definition) is 3. The zero-order valence-corrected chi connectivity index (χ0v) is 14.2. The Balaban J connectivity index is 0.00000192. The van der Waals surface area contributed by atoms with Crippen LogP contribution >= 0.6 is 12.4 Å². The average molecular weight is 335 g/mol. The fraction of sp³-hybridized carbons (Fsp3) is 0.412. The van der Waals surface area contributed by atoms with E-state index in [1.54, 1.807) is 0 Å². The lowest BCUT2D eigenvalue weighted by atomic mass is 10.1. The van der Waals surface area contributed by atoms with Crippen molar-refractivity contribution >= 4 is 18.3 Å². The van der Waals surface area contributed by atoms with Crippen LogP contribution in [0.2, 0.25) is 0 Å². The average Bonchev–Trinajstić information content (AvgIpc) is 3.15. The normalized spacial score (nSPS) is 12.6. The summed E-state index contributed by atoms with van der Waals surface area (Å²) in [6, 6.07) is 8.39. The van der Waals surface area contributed by atoms with Gasteiger partial charge in [0.1, 0.15) is 0 Å². The molecule has 0 saturated carbocycles. The van der Waals surface area contributed by atoms with Crippen LogP contribution in [-0.2, 0) is 19.3 Å². The monoisotopic (exact) mass is 334 g/mol. The molecule has 0 spiro atoms. The first kappa shape index (κ1) is 17.5. The summed E-state index contributed by atoms with van der Waals surface area (Å²) >= 11 is 0. The van der Waals surface area contributed by atoms with Gasteiger partial charge in [-0.25, -0.2) is 4.68 Å². The largest absolute Gasteiger partial charge is 0.349 e. The van der Waals surface area contributed by atoms with E-state index >= 15 is 0 Å². The van der Waals surface area contributed by atoms with Gasteiger partial charge in [-0.05, 0) is 43.4 Å². The molecule has 23 heavy (non-hydrogen) atoms. The zero-order valence-electron chi connectivity index (χ0n) is 13.3. The molecular formula is C17H23ClN4O. The van der Waals surface area contributed by atoms with Gasteiger partial charge in [-0.15, -0.1) is 12.4 Å². The van der Waals surface area contributed by atoms with Crippen molar-refractivity contribution in [3.05, 3.63) is 46.8 Å². The van der Waals surface area contributed by atoms with Crippen LogP contribution < -0.4 is 11.1 Å². The third kappa shape index (κ3) is 3.41. The molecule has 0 fully saturated rings. The summed E-state index contributed by atoms with van der Waals surface area (Å²) in [6.45, 7) is 3.05. The summed E-state index contributed by atoms with van der Waals surface area (Å²) in [5.41, 5.74) is 10.6. The maximum atomic E-state index is 12.3. The molecule has 0 bridgehead atoms. The first-order valence-electron chi connectivity index (χ1n) is 7.93. The lowest BCUT2D eigenvalue weighted by molar-refractivity contribution is 0.0948. The van der Waals surface area contributed by atoms with Crippen LogP contribution in [0.1, 0.15) is 40.7 Å². The van der Waals surface area contributed by atoms with Gasteiger partial charge in [-0.2, -0.15) is 5.10 Å². The minimum atomic E-state index is -0.118. The molecule has 1 aromatic carbocycles. The Morgan fingerprint density at radius 1 is 1.30 bits per heavy atom. The first-order valence-corrected chi connectivity index (χ1v) is 7.93. The van der Waals surface area contributed by atoms with E-state index in [0.29, 0.717) is 18.8 Å². The van der Waals surface area contributed by atoms with Crippen molar-refractivity contribution < 1.29 is 4.79 Å². The molecule has 5 nitrogen and oxygen atoms in total. The molecular weight excluding hydrogens is 312 g/mol. The van der Waals surface area contributed by atoms with Crippen molar-refractivity contribution in [2.24, 2.45) is 5.73 Å². The lowest BCUT2D eigenvalue weighted by Crippen LogP contribution is -2.30. The molecule has 1 aliphatic rings. The van der Waals surface area contributed by atoms with E-state index in [-0.39, 0.29) is 18.3 Å². The predicted octanol–water partition coefficient (Wildman–Crippen LogP) is 2.03. The number of amides is 1. The van der Waals surface area contributed by atoms with Crippen molar-refractivity contribution in [2.45, 2.75) is 32.6 Å². The number of halogens is 1. The molecule has 124 valence electrons. The van der Waals surface area contributed by atoms with Crippen molar-refractivity contribution in [3.63, 3.8) is 0 Å². The molecule has 3 rings (SSSR count). The Labute approximate surface area is 142 Å². The number of aromatic nitrogens is 2. The maximum Gasteiger partial charge on any atom is 0.272 e. The van der Waals surface area contributed by atoms with E-state index in [2.05, 4.69) is 41.6 Å². The maximum absolute atomic E-state index is 12.3. The quantitative estimate of drug-likeness (QED) is 0.878. The number of aryl methyl sites for hydroxylation is 1. The summed E-state index contributed by atoms with van der Waals surface area (Å²) in [5.74, 6) is -0.118. The minimum Gasteiger partial charge on any atom is -0.349 e. The number of nitrogens with two attached hydrogens (primary N) is 1. The number of carbonyl (C=O) groups is 1. The predicted molar refractivity (Wildman–Crippen MR) is 93.6 cm³/mol. The van der Waals surface area contributed by atoms with Crippen LogP contribution in [-0.4, -0.2) is 28.8 Å². The van der Waals surface area contributed by atoms with Crippen molar-refractivity contribution in [3.8, 4) is 5.69 Å². The standard InChI is InChI=1S/C17H22N4O.ClH/c1-2-12-6-8-13(9-7-12)21-15-5-3-4-14(15)16(20-21)17(22)19-11-10-18;/h6-9H,2-5,10-11,18H2,1H3,(H,19,22);1H. The second-order valence-electron chi connectivity index (χ2n) is 5.60.